The molecule has 0 N–H and O–H groups in total. The van der Waals surface area contributed by atoms with Crippen LogP contribution in [-0.4, -0.2) is 5.37 Å². The highest BCUT2D eigenvalue weighted by Gasteiger charge is 1.97. The molecule has 0 heterocycles. The maximum Gasteiger partial charge on any atom is 0.00861 e. The zero-order valence-electron chi connectivity index (χ0n) is 6.53. The number of hydrogen-bond acceptors (Lipinski definition) is 1. The number of hydrogen-bond donors (Lipinski definition) is 0. The lowest BCUT2D eigenvalue weighted by atomic mass is 10.2. The average Bonchev–Trinajstić information content (AvgIpc) is 2.46. The quantitative estimate of drug-likeness (QED) is 0.595. The Kier molecular flexibility index (Phi) is 1.88. The van der Waals surface area contributed by atoms with Gasteiger partial charge in [-0.25, -0.2) is 0 Å². The Morgan fingerprint density at radius 2 is 1.42 bits per heavy atom. The van der Waals surface area contributed by atoms with Crippen molar-refractivity contribution in [2.24, 2.45) is 0 Å². The van der Waals surface area contributed by atoms with E-state index in [1.54, 1.807) is 5.37 Å². The van der Waals surface area contributed by atoms with Crippen LogP contribution in [0.25, 0.3) is 11.1 Å². The summed E-state index contributed by atoms with van der Waals surface area (Å²) in [4.78, 5) is 0. The Morgan fingerprint density at radius 1 is 0.833 bits per heavy atom. The molecule has 58 valence electrons. The summed E-state index contributed by atoms with van der Waals surface area (Å²) in [5, 5.41) is 1.69. The summed E-state index contributed by atoms with van der Waals surface area (Å²) in [6.07, 6.45) is 0. The van der Waals surface area contributed by atoms with E-state index in [-0.39, 0.29) is 0 Å². The Morgan fingerprint density at radius 3 is 1.92 bits per heavy atom. The van der Waals surface area contributed by atoms with Crippen molar-refractivity contribution < 1.29 is 0 Å². The average molecular weight is 172 g/mol. The summed E-state index contributed by atoms with van der Waals surface area (Å²) in [6, 6.07) is 14.5. The van der Waals surface area contributed by atoms with Crippen LogP contribution in [0.1, 0.15) is 5.56 Å². The van der Waals surface area contributed by atoms with Crippen molar-refractivity contribution in [3.8, 4) is 11.1 Å². The molecule has 2 aliphatic rings. The second-order valence-electron chi connectivity index (χ2n) is 2.72. The van der Waals surface area contributed by atoms with Gasteiger partial charge in [0.2, 0.25) is 0 Å². The fourth-order valence-corrected chi connectivity index (χ4v) is 1.41. The summed E-state index contributed by atoms with van der Waals surface area (Å²) >= 11 is 4.85. The van der Waals surface area contributed by atoms with Gasteiger partial charge in [-0.05, 0) is 16.7 Å². The molecule has 0 aromatic carbocycles. The fraction of sp³-hybridized carbons (Fsp3) is 0. The van der Waals surface area contributed by atoms with Gasteiger partial charge in [0.05, 0.1) is 0 Å². The predicted octanol–water partition coefficient (Wildman–Crippen LogP) is 3.14. The SMILES string of the molecule is S=Cc1ccc2cccc-2cc1. The zero-order chi connectivity index (χ0) is 8.39. The second kappa shape index (κ2) is 3.03. The van der Waals surface area contributed by atoms with Crippen LogP contribution in [0.4, 0.5) is 0 Å². The molecule has 2 aliphatic carbocycles. The van der Waals surface area contributed by atoms with Crippen LogP contribution < -0.4 is 0 Å². The molecule has 0 aromatic rings. The van der Waals surface area contributed by atoms with Gasteiger partial charge in [-0.2, -0.15) is 0 Å². The third-order valence-electron chi connectivity index (χ3n) is 1.93. The van der Waals surface area contributed by atoms with Crippen molar-refractivity contribution in [2.75, 3.05) is 0 Å². The van der Waals surface area contributed by atoms with Gasteiger partial charge in [-0.15, -0.1) is 0 Å². The molecule has 0 aliphatic heterocycles. The van der Waals surface area contributed by atoms with E-state index in [1.807, 2.05) is 12.1 Å². The summed E-state index contributed by atoms with van der Waals surface area (Å²) in [5.41, 5.74) is 3.61. The van der Waals surface area contributed by atoms with Crippen LogP contribution in [0.15, 0.2) is 42.5 Å². The Hall–Kier alpha value is -1.21. The highest BCUT2D eigenvalue weighted by atomic mass is 32.1. The topological polar surface area (TPSA) is 0 Å². The maximum atomic E-state index is 4.85. The molecule has 0 spiro atoms. The largest absolute Gasteiger partial charge is 0.0881 e. The van der Waals surface area contributed by atoms with Gasteiger partial charge < -0.3 is 0 Å². The minimum Gasteiger partial charge on any atom is -0.0881 e. The molecule has 0 amide bonds. The van der Waals surface area contributed by atoms with Crippen molar-refractivity contribution in [3.63, 3.8) is 0 Å². The lowest BCUT2D eigenvalue weighted by molar-refractivity contribution is 1.82. The van der Waals surface area contributed by atoms with E-state index in [0.717, 1.165) is 5.56 Å². The summed E-state index contributed by atoms with van der Waals surface area (Å²) in [5.74, 6) is 0. The van der Waals surface area contributed by atoms with Crippen molar-refractivity contribution in [2.45, 2.75) is 0 Å². The number of rotatable bonds is 1. The van der Waals surface area contributed by atoms with E-state index in [0.29, 0.717) is 0 Å². The summed E-state index contributed by atoms with van der Waals surface area (Å²) < 4.78 is 0. The zero-order valence-corrected chi connectivity index (χ0v) is 7.34. The molecule has 0 radical (unpaired) electrons. The highest BCUT2D eigenvalue weighted by Crippen LogP contribution is 2.21. The molecule has 0 bridgehead atoms. The van der Waals surface area contributed by atoms with Crippen LogP contribution in [0.2, 0.25) is 0 Å². The second-order valence-corrected chi connectivity index (χ2v) is 2.96. The lowest BCUT2D eigenvalue weighted by Crippen LogP contribution is -1.67. The molecule has 0 atom stereocenters. The van der Waals surface area contributed by atoms with E-state index < -0.39 is 0 Å². The first kappa shape index (κ1) is 7.44. The van der Waals surface area contributed by atoms with Gasteiger partial charge in [0.25, 0.3) is 0 Å². The van der Waals surface area contributed by atoms with Crippen molar-refractivity contribution in [1.82, 2.24) is 0 Å². The molecular weight excluding hydrogens is 164 g/mol. The number of fused-ring (bicyclic) bond motifs is 1. The molecule has 1 heteroatoms. The normalized spacial score (nSPS) is 10.0. The minimum atomic E-state index is 1.08. The van der Waals surface area contributed by atoms with Crippen LogP contribution in [0, 0.1) is 0 Å². The first-order chi connectivity index (χ1) is 5.90. The van der Waals surface area contributed by atoms with E-state index in [2.05, 4.69) is 30.3 Å². The van der Waals surface area contributed by atoms with E-state index in [1.165, 1.54) is 11.1 Å². The molecule has 0 unspecified atom stereocenters. The Labute approximate surface area is 77.2 Å². The molecule has 12 heavy (non-hydrogen) atoms. The van der Waals surface area contributed by atoms with Crippen molar-refractivity contribution >= 4 is 17.6 Å². The van der Waals surface area contributed by atoms with Crippen LogP contribution >= 0.6 is 12.2 Å². The monoisotopic (exact) mass is 172 g/mol. The van der Waals surface area contributed by atoms with Crippen LogP contribution in [-0.2, 0) is 0 Å². The minimum absolute atomic E-state index is 1.08. The van der Waals surface area contributed by atoms with E-state index >= 15 is 0 Å². The standard InChI is InChI=1S/C11H8S/c12-8-9-4-6-10-2-1-3-11(10)7-5-9/h1-8H. The summed E-state index contributed by atoms with van der Waals surface area (Å²) in [7, 11) is 0. The van der Waals surface area contributed by atoms with Crippen LogP contribution in [0.3, 0.4) is 0 Å². The third-order valence-corrected chi connectivity index (χ3v) is 2.20. The molecule has 0 fully saturated rings. The first-order valence-electron chi connectivity index (χ1n) is 3.84. The molecule has 0 aromatic heterocycles. The molecule has 0 saturated heterocycles. The first-order valence-corrected chi connectivity index (χ1v) is 4.31. The van der Waals surface area contributed by atoms with Crippen molar-refractivity contribution in [3.05, 3.63) is 48.0 Å². The molecule has 0 nitrogen and oxygen atoms in total. The number of thiocarbonyl (C=S) groups is 1. The Balaban J connectivity index is 2.66. The van der Waals surface area contributed by atoms with E-state index in [9.17, 15) is 0 Å². The van der Waals surface area contributed by atoms with Crippen LogP contribution in [0.5, 0.6) is 0 Å². The molecular formula is C11H8S. The predicted molar refractivity (Wildman–Crippen MR) is 55.8 cm³/mol. The van der Waals surface area contributed by atoms with Gasteiger partial charge in [0.1, 0.15) is 0 Å². The summed E-state index contributed by atoms with van der Waals surface area (Å²) in [6.45, 7) is 0. The fourth-order valence-electron chi connectivity index (χ4n) is 1.26. The van der Waals surface area contributed by atoms with E-state index in [4.69, 9.17) is 12.2 Å². The highest BCUT2D eigenvalue weighted by molar-refractivity contribution is 7.79. The van der Waals surface area contributed by atoms with Gasteiger partial charge in [0.15, 0.2) is 0 Å². The van der Waals surface area contributed by atoms with Crippen molar-refractivity contribution in [1.29, 1.82) is 0 Å². The third kappa shape index (κ3) is 1.23. The molecule has 0 saturated carbocycles. The lowest BCUT2D eigenvalue weighted by Gasteiger charge is -1.85. The Bertz CT molecular complexity index is 348. The maximum absolute atomic E-state index is 4.85. The van der Waals surface area contributed by atoms with Gasteiger partial charge in [-0.1, -0.05) is 54.7 Å². The smallest absolute Gasteiger partial charge is 0.00861 e. The van der Waals surface area contributed by atoms with Gasteiger partial charge in [-0.3, -0.25) is 0 Å². The van der Waals surface area contributed by atoms with Gasteiger partial charge in [0, 0.05) is 5.37 Å². The van der Waals surface area contributed by atoms with Gasteiger partial charge >= 0.3 is 0 Å². The molecule has 2 rings (SSSR count).